The molecule has 1 amide bonds. The van der Waals surface area contributed by atoms with E-state index in [1.54, 1.807) is 7.11 Å². The summed E-state index contributed by atoms with van der Waals surface area (Å²) in [5.41, 5.74) is 0.935. The first-order valence-corrected chi connectivity index (χ1v) is 7.97. The summed E-state index contributed by atoms with van der Waals surface area (Å²) in [7, 11) is 1.60. The van der Waals surface area contributed by atoms with Crippen molar-refractivity contribution in [3.8, 4) is 11.5 Å². The number of benzene rings is 1. The number of aliphatic hydroxyl groups is 1. The zero-order chi connectivity index (χ0) is 17.0. The molecule has 1 fully saturated rings. The summed E-state index contributed by atoms with van der Waals surface area (Å²) in [6.45, 7) is 6.29. The van der Waals surface area contributed by atoms with Gasteiger partial charge in [-0.05, 0) is 44.9 Å². The Balaban J connectivity index is 2.04. The lowest BCUT2D eigenvalue weighted by atomic mass is 10.1. The van der Waals surface area contributed by atoms with Gasteiger partial charge in [0.15, 0.2) is 11.5 Å². The average Bonchev–Trinajstić information content (AvgIpc) is 2.93. The van der Waals surface area contributed by atoms with Gasteiger partial charge in [-0.25, -0.2) is 0 Å². The van der Waals surface area contributed by atoms with E-state index in [9.17, 15) is 9.90 Å². The Morgan fingerprint density at radius 1 is 1.35 bits per heavy atom. The Labute approximate surface area is 137 Å². The maximum absolute atomic E-state index is 12.2. The SMILES string of the molecule is COc1cc([C@H](C)NC(=O)[C@H]2C[C@H](O)CN2)ccc1OC(C)C. The number of hydrogen-bond donors (Lipinski definition) is 3. The second-order valence-corrected chi connectivity index (χ2v) is 6.16. The van der Waals surface area contributed by atoms with Gasteiger partial charge >= 0.3 is 0 Å². The van der Waals surface area contributed by atoms with E-state index in [-0.39, 0.29) is 24.1 Å². The molecule has 0 aliphatic carbocycles. The van der Waals surface area contributed by atoms with Gasteiger partial charge in [-0.2, -0.15) is 0 Å². The molecule has 0 unspecified atom stereocenters. The Kier molecular flexibility index (Phi) is 5.85. The Hall–Kier alpha value is -1.79. The number of carbonyl (C=O) groups is 1. The summed E-state index contributed by atoms with van der Waals surface area (Å²) in [6.07, 6.45) is 0.0589. The van der Waals surface area contributed by atoms with Crippen LogP contribution >= 0.6 is 0 Å². The van der Waals surface area contributed by atoms with E-state index in [1.165, 1.54) is 0 Å². The molecule has 6 nitrogen and oxygen atoms in total. The molecular formula is C17H26N2O4. The fourth-order valence-electron chi connectivity index (χ4n) is 2.62. The van der Waals surface area contributed by atoms with Gasteiger partial charge in [-0.3, -0.25) is 4.79 Å². The van der Waals surface area contributed by atoms with E-state index in [1.807, 2.05) is 39.0 Å². The molecule has 3 atom stereocenters. The van der Waals surface area contributed by atoms with Gasteiger partial charge < -0.3 is 25.2 Å². The lowest BCUT2D eigenvalue weighted by molar-refractivity contribution is -0.123. The summed E-state index contributed by atoms with van der Waals surface area (Å²) in [5.74, 6) is 1.23. The van der Waals surface area contributed by atoms with Crippen molar-refractivity contribution in [2.24, 2.45) is 0 Å². The number of nitrogens with one attached hydrogen (secondary N) is 2. The number of amides is 1. The van der Waals surface area contributed by atoms with E-state index in [4.69, 9.17) is 9.47 Å². The lowest BCUT2D eigenvalue weighted by Crippen LogP contribution is -2.41. The third-order valence-electron chi connectivity index (χ3n) is 3.83. The van der Waals surface area contributed by atoms with Gasteiger partial charge in [0.2, 0.25) is 5.91 Å². The van der Waals surface area contributed by atoms with Crippen LogP contribution in [0.2, 0.25) is 0 Å². The molecular weight excluding hydrogens is 296 g/mol. The molecule has 2 rings (SSSR count). The first-order chi connectivity index (χ1) is 10.9. The van der Waals surface area contributed by atoms with E-state index in [0.29, 0.717) is 24.5 Å². The predicted molar refractivity (Wildman–Crippen MR) is 87.7 cm³/mol. The maximum atomic E-state index is 12.2. The number of hydrogen-bond acceptors (Lipinski definition) is 5. The van der Waals surface area contributed by atoms with Crippen molar-refractivity contribution in [3.05, 3.63) is 23.8 Å². The number of methoxy groups -OCH3 is 1. The highest BCUT2D eigenvalue weighted by atomic mass is 16.5. The van der Waals surface area contributed by atoms with Crippen molar-refractivity contribution in [1.82, 2.24) is 10.6 Å². The molecule has 0 spiro atoms. The van der Waals surface area contributed by atoms with E-state index in [2.05, 4.69) is 10.6 Å². The van der Waals surface area contributed by atoms with Crippen LogP contribution in [0.25, 0.3) is 0 Å². The Morgan fingerprint density at radius 3 is 2.65 bits per heavy atom. The molecule has 1 saturated heterocycles. The number of ether oxygens (including phenoxy) is 2. The molecule has 1 aromatic carbocycles. The molecule has 0 saturated carbocycles. The minimum absolute atomic E-state index is 0.0618. The smallest absolute Gasteiger partial charge is 0.237 e. The Morgan fingerprint density at radius 2 is 2.09 bits per heavy atom. The van der Waals surface area contributed by atoms with Crippen molar-refractivity contribution in [3.63, 3.8) is 0 Å². The third-order valence-corrected chi connectivity index (χ3v) is 3.83. The normalized spacial score (nSPS) is 22.0. The van der Waals surface area contributed by atoms with Crippen LogP contribution in [-0.4, -0.2) is 42.9 Å². The number of aliphatic hydroxyl groups excluding tert-OH is 1. The topological polar surface area (TPSA) is 79.8 Å². The van der Waals surface area contributed by atoms with Crippen molar-refractivity contribution in [2.75, 3.05) is 13.7 Å². The van der Waals surface area contributed by atoms with Crippen molar-refractivity contribution in [1.29, 1.82) is 0 Å². The van der Waals surface area contributed by atoms with Crippen LogP contribution in [0, 0.1) is 0 Å². The van der Waals surface area contributed by atoms with Crippen LogP contribution in [0.3, 0.4) is 0 Å². The molecule has 0 bridgehead atoms. The highest BCUT2D eigenvalue weighted by Gasteiger charge is 2.28. The van der Waals surface area contributed by atoms with Crippen molar-refractivity contribution < 1.29 is 19.4 Å². The highest BCUT2D eigenvalue weighted by molar-refractivity contribution is 5.82. The first kappa shape index (κ1) is 17.6. The van der Waals surface area contributed by atoms with Crippen LogP contribution in [0.15, 0.2) is 18.2 Å². The largest absolute Gasteiger partial charge is 0.493 e. The van der Waals surface area contributed by atoms with Crippen LogP contribution in [0.5, 0.6) is 11.5 Å². The summed E-state index contributed by atoms with van der Waals surface area (Å²) in [4.78, 5) is 12.2. The van der Waals surface area contributed by atoms with Gasteiger partial charge in [-0.1, -0.05) is 6.07 Å². The molecule has 0 radical (unpaired) electrons. The van der Waals surface area contributed by atoms with Crippen LogP contribution in [0.1, 0.15) is 38.8 Å². The predicted octanol–water partition coefficient (Wildman–Crippen LogP) is 1.38. The summed E-state index contributed by atoms with van der Waals surface area (Å²) in [6, 6.07) is 5.15. The maximum Gasteiger partial charge on any atom is 0.237 e. The molecule has 6 heteroatoms. The minimum Gasteiger partial charge on any atom is -0.493 e. The monoisotopic (exact) mass is 322 g/mol. The molecule has 1 heterocycles. The first-order valence-electron chi connectivity index (χ1n) is 7.97. The van der Waals surface area contributed by atoms with Crippen molar-refractivity contribution in [2.45, 2.75) is 51.5 Å². The molecule has 23 heavy (non-hydrogen) atoms. The zero-order valence-corrected chi connectivity index (χ0v) is 14.1. The molecule has 1 aromatic rings. The Bertz CT molecular complexity index is 547. The third kappa shape index (κ3) is 4.59. The fraction of sp³-hybridized carbons (Fsp3) is 0.588. The molecule has 1 aliphatic rings. The number of β-amino-alcohol motifs (C(OH)–C–C–N with tert-alkyl or cyclic N) is 1. The van der Waals surface area contributed by atoms with E-state index in [0.717, 1.165) is 5.56 Å². The average molecular weight is 322 g/mol. The molecule has 3 N–H and O–H groups in total. The molecule has 128 valence electrons. The minimum atomic E-state index is -0.450. The molecule has 1 aliphatic heterocycles. The quantitative estimate of drug-likeness (QED) is 0.737. The fourth-order valence-corrected chi connectivity index (χ4v) is 2.62. The van der Waals surface area contributed by atoms with Gasteiger partial charge in [0.05, 0.1) is 31.4 Å². The highest BCUT2D eigenvalue weighted by Crippen LogP contribution is 2.31. The second kappa shape index (κ2) is 7.66. The lowest BCUT2D eigenvalue weighted by Gasteiger charge is -2.20. The summed E-state index contributed by atoms with van der Waals surface area (Å²) in [5, 5.41) is 15.5. The van der Waals surface area contributed by atoms with Crippen LogP contribution < -0.4 is 20.1 Å². The van der Waals surface area contributed by atoms with Gasteiger partial charge in [-0.15, -0.1) is 0 Å². The van der Waals surface area contributed by atoms with Crippen LogP contribution in [0.4, 0.5) is 0 Å². The summed E-state index contributed by atoms with van der Waals surface area (Å²) >= 11 is 0. The van der Waals surface area contributed by atoms with Gasteiger partial charge in [0.1, 0.15) is 0 Å². The zero-order valence-electron chi connectivity index (χ0n) is 14.1. The number of rotatable bonds is 6. The van der Waals surface area contributed by atoms with Crippen molar-refractivity contribution >= 4 is 5.91 Å². The number of carbonyl (C=O) groups excluding carboxylic acids is 1. The standard InChI is InChI=1S/C17H26N2O4/c1-10(2)23-15-6-5-12(7-16(15)22-4)11(3)19-17(21)14-8-13(20)9-18-14/h5-7,10-11,13-14,18,20H,8-9H2,1-4H3,(H,19,21)/t11-,13-,14+/m0/s1. The van der Waals surface area contributed by atoms with Crippen LogP contribution in [-0.2, 0) is 4.79 Å². The van der Waals surface area contributed by atoms with E-state index < -0.39 is 6.10 Å². The second-order valence-electron chi connectivity index (χ2n) is 6.16. The van der Waals surface area contributed by atoms with E-state index >= 15 is 0 Å². The van der Waals surface area contributed by atoms with Gasteiger partial charge in [0.25, 0.3) is 0 Å². The van der Waals surface area contributed by atoms with Gasteiger partial charge in [0, 0.05) is 6.54 Å². The summed E-state index contributed by atoms with van der Waals surface area (Å²) < 4.78 is 11.1. The molecule has 0 aromatic heterocycles.